The predicted molar refractivity (Wildman–Crippen MR) is 35.6 cm³/mol. The maximum atomic E-state index is 10.8. The molecule has 0 saturated heterocycles. The van der Waals surface area contributed by atoms with E-state index in [2.05, 4.69) is 6.92 Å². The Balaban J connectivity index is 0. The van der Waals surface area contributed by atoms with E-state index in [0.29, 0.717) is 0 Å². The molecule has 0 aliphatic carbocycles. The number of hydrogen-bond donors (Lipinski definition) is 1. The monoisotopic (exact) mass is 139 g/mol. The van der Waals surface area contributed by atoms with Gasteiger partial charge in [-0.1, -0.05) is 13.8 Å². The normalized spacial score (nSPS) is 8.67. The van der Waals surface area contributed by atoms with E-state index in [1.54, 1.807) is 0 Å². The molecule has 0 aliphatic rings. The summed E-state index contributed by atoms with van der Waals surface area (Å²) in [5, 5.41) is 0. The third-order valence-electron chi connectivity index (χ3n) is 0.597. The third-order valence-corrected chi connectivity index (χ3v) is 0.597. The van der Waals surface area contributed by atoms with E-state index in [1.165, 1.54) is 6.92 Å². The van der Waals surface area contributed by atoms with Gasteiger partial charge in [0.25, 0.3) is 0 Å². The van der Waals surface area contributed by atoms with Crippen LogP contribution in [0.25, 0.3) is 0 Å². The second-order valence-corrected chi connectivity index (χ2v) is 1.59. The van der Waals surface area contributed by atoms with Crippen molar-refractivity contribution in [3.05, 3.63) is 0 Å². The van der Waals surface area contributed by atoms with Gasteiger partial charge in [0.15, 0.2) is 0 Å². The first kappa shape index (κ1) is 11.6. The quantitative estimate of drug-likeness (QED) is 0.622. The van der Waals surface area contributed by atoms with Crippen molar-refractivity contribution in [1.29, 1.82) is 0 Å². The molecule has 0 radical (unpaired) electrons. The Morgan fingerprint density at radius 3 is 1.56 bits per heavy atom. The minimum absolute atomic E-state index is 0.0278. The van der Waals surface area contributed by atoms with Crippen molar-refractivity contribution in [2.24, 2.45) is 5.73 Å². The van der Waals surface area contributed by atoms with Crippen LogP contribution in [0.1, 0.15) is 26.7 Å². The predicted octanol–water partition coefficient (Wildman–Crippen LogP) is 2.02. The average molecular weight is 139 g/mol. The lowest BCUT2D eigenvalue weighted by atomic mass is 10.5. The summed E-state index contributed by atoms with van der Waals surface area (Å²) in [6, 6.07) is 0. The average Bonchev–Trinajstić information content (AvgIpc) is 1.89. The molecule has 0 saturated carbocycles. The zero-order valence-electron chi connectivity index (χ0n) is 6.03. The maximum absolute atomic E-state index is 10.8. The lowest BCUT2D eigenvalue weighted by Crippen LogP contribution is -1.93. The van der Waals surface area contributed by atoms with Crippen molar-refractivity contribution >= 4 is 0 Å². The molecule has 2 N–H and O–H groups in total. The lowest BCUT2D eigenvalue weighted by Gasteiger charge is -1.81. The number of alkyl halides is 2. The summed E-state index contributed by atoms with van der Waals surface area (Å²) in [4.78, 5) is 0. The molecule has 0 rings (SSSR count). The van der Waals surface area contributed by atoms with Gasteiger partial charge in [-0.25, -0.2) is 8.78 Å². The van der Waals surface area contributed by atoms with Crippen LogP contribution >= 0.6 is 0 Å². The highest BCUT2D eigenvalue weighted by Gasteiger charge is 1.91. The van der Waals surface area contributed by atoms with Crippen molar-refractivity contribution in [3.63, 3.8) is 0 Å². The van der Waals surface area contributed by atoms with Crippen LogP contribution in [0.5, 0.6) is 0 Å². The van der Waals surface area contributed by atoms with E-state index in [-0.39, 0.29) is 6.42 Å². The zero-order valence-corrected chi connectivity index (χ0v) is 6.03. The first-order valence-electron chi connectivity index (χ1n) is 3.17. The summed E-state index contributed by atoms with van der Waals surface area (Å²) >= 11 is 0. The van der Waals surface area contributed by atoms with Crippen LogP contribution < -0.4 is 5.73 Å². The minimum Gasteiger partial charge on any atom is -0.330 e. The molecule has 0 unspecified atom stereocenters. The molecule has 0 aliphatic heterocycles. The van der Waals surface area contributed by atoms with Crippen molar-refractivity contribution in [2.45, 2.75) is 33.1 Å². The zero-order chi connectivity index (χ0) is 7.70. The minimum atomic E-state index is -2.12. The van der Waals surface area contributed by atoms with Crippen molar-refractivity contribution in [1.82, 2.24) is 0 Å². The van der Waals surface area contributed by atoms with Crippen molar-refractivity contribution in [3.8, 4) is 0 Å². The van der Waals surface area contributed by atoms with E-state index in [0.717, 1.165) is 13.0 Å². The van der Waals surface area contributed by atoms with Crippen molar-refractivity contribution in [2.75, 3.05) is 6.54 Å². The van der Waals surface area contributed by atoms with E-state index in [1.807, 2.05) is 0 Å². The Bertz CT molecular complexity index is 38.0. The summed E-state index contributed by atoms with van der Waals surface area (Å²) in [6.07, 6.45) is -1.05. The van der Waals surface area contributed by atoms with Crippen LogP contribution in [0.3, 0.4) is 0 Å². The van der Waals surface area contributed by atoms with Gasteiger partial charge in [0.1, 0.15) is 0 Å². The van der Waals surface area contributed by atoms with Gasteiger partial charge in [-0.15, -0.1) is 0 Å². The highest BCUT2D eigenvalue weighted by Crippen LogP contribution is 1.93. The molecule has 1 nitrogen and oxygen atoms in total. The number of hydrogen-bond acceptors (Lipinski definition) is 1. The highest BCUT2D eigenvalue weighted by molar-refractivity contribution is 4.24. The topological polar surface area (TPSA) is 26.0 Å². The van der Waals surface area contributed by atoms with Crippen LogP contribution in [0.15, 0.2) is 0 Å². The fraction of sp³-hybridized carbons (Fsp3) is 1.00. The number of nitrogens with two attached hydrogens (primary N) is 1. The van der Waals surface area contributed by atoms with Crippen LogP contribution in [0.4, 0.5) is 8.78 Å². The molecule has 0 aromatic heterocycles. The van der Waals surface area contributed by atoms with Gasteiger partial charge < -0.3 is 5.73 Å². The van der Waals surface area contributed by atoms with E-state index in [4.69, 9.17) is 5.73 Å². The summed E-state index contributed by atoms with van der Waals surface area (Å²) in [7, 11) is 0. The summed E-state index contributed by atoms with van der Waals surface area (Å²) in [5.74, 6) is 0. The highest BCUT2D eigenvalue weighted by atomic mass is 19.3. The Morgan fingerprint density at radius 2 is 1.56 bits per heavy atom. The largest absolute Gasteiger partial charge is 0.330 e. The van der Waals surface area contributed by atoms with Gasteiger partial charge in [0.2, 0.25) is 6.43 Å². The number of halogens is 2. The summed E-state index contributed by atoms with van der Waals surface area (Å²) in [6.45, 7) is 4.32. The molecular weight excluding hydrogens is 124 g/mol. The second kappa shape index (κ2) is 10.7. The van der Waals surface area contributed by atoms with E-state index < -0.39 is 6.43 Å². The third kappa shape index (κ3) is 33.3. The summed E-state index contributed by atoms with van der Waals surface area (Å²) in [5.41, 5.74) is 5.03. The molecule has 0 fully saturated rings. The standard InChI is InChI=1S/C3H6F2.C3H9N/c1-2-3(4)5;1-2-3-4/h3H,2H2,1H3;2-4H2,1H3. The molecule has 58 valence electrons. The van der Waals surface area contributed by atoms with Gasteiger partial charge in [-0.3, -0.25) is 0 Å². The maximum Gasteiger partial charge on any atom is 0.238 e. The lowest BCUT2D eigenvalue weighted by molar-refractivity contribution is 0.144. The molecule has 0 atom stereocenters. The van der Waals surface area contributed by atoms with Crippen molar-refractivity contribution < 1.29 is 8.78 Å². The van der Waals surface area contributed by atoms with Crippen LogP contribution in [0.2, 0.25) is 0 Å². The molecule has 0 aromatic rings. The van der Waals surface area contributed by atoms with Gasteiger partial charge in [0.05, 0.1) is 0 Å². The Hall–Kier alpha value is -0.180. The smallest absolute Gasteiger partial charge is 0.238 e. The first-order chi connectivity index (χ1) is 4.18. The Morgan fingerprint density at radius 1 is 1.33 bits per heavy atom. The van der Waals surface area contributed by atoms with Gasteiger partial charge >= 0.3 is 0 Å². The van der Waals surface area contributed by atoms with Gasteiger partial charge in [0, 0.05) is 6.42 Å². The molecule has 3 heteroatoms. The molecule has 0 aromatic carbocycles. The molecule has 0 heterocycles. The Kier molecular flexibility index (Phi) is 13.8. The van der Waals surface area contributed by atoms with E-state index in [9.17, 15) is 8.78 Å². The van der Waals surface area contributed by atoms with Crippen LogP contribution in [-0.2, 0) is 0 Å². The van der Waals surface area contributed by atoms with Gasteiger partial charge in [-0.05, 0) is 13.0 Å². The molecule has 0 bridgehead atoms. The second-order valence-electron chi connectivity index (χ2n) is 1.59. The van der Waals surface area contributed by atoms with Crippen LogP contribution in [-0.4, -0.2) is 13.0 Å². The van der Waals surface area contributed by atoms with E-state index >= 15 is 0 Å². The first-order valence-corrected chi connectivity index (χ1v) is 3.17. The molecule has 0 amide bonds. The Labute approximate surface area is 55.2 Å². The SMILES string of the molecule is CCC(F)F.CCCN. The van der Waals surface area contributed by atoms with Gasteiger partial charge in [-0.2, -0.15) is 0 Å². The summed E-state index contributed by atoms with van der Waals surface area (Å²) < 4.78 is 21.5. The number of rotatable bonds is 2. The van der Waals surface area contributed by atoms with Crippen LogP contribution in [0, 0.1) is 0 Å². The molecular formula is C6H15F2N. The fourth-order valence-electron chi connectivity index (χ4n) is 0. The molecule has 9 heavy (non-hydrogen) atoms. The fourth-order valence-corrected chi connectivity index (χ4v) is 0. The molecule has 0 spiro atoms.